The second kappa shape index (κ2) is 6.37. The lowest BCUT2D eigenvalue weighted by Crippen LogP contribution is -2.28. The van der Waals surface area contributed by atoms with Gasteiger partial charge in [-0.25, -0.2) is 0 Å². The molecule has 1 N–H and O–H groups in total. The fourth-order valence-corrected chi connectivity index (χ4v) is 2.85. The number of ether oxygens (including phenoxy) is 1. The van der Waals surface area contributed by atoms with Gasteiger partial charge in [0.05, 0.1) is 12.7 Å². The molecule has 2 atom stereocenters. The maximum Gasteiger partial charge on any atom is 0.109 e. The van der Waals surface area contributed by atoms with Crippen LogP contribution in [-0.4, -0.2) is 22.8 Å². The van der Waals surface area contributed by atoms with E-state index in [4.69, 9.17) is 4.74 Å². The Morgan fingerprint density at radius 3 is 2.90 bits per heavy atom. The molecule has 110 valence electrons. The van der Waals surface area contributed by atoms with Crippen molar-refractivity contribution in [1.82, 2.24) is 4.98 Å². The molecule has 3 nitrogen and oxygen atoms in total. The van der Waals surface area contributed by atoms with Gasteiger partial charge in [0.15, 0.2) is 0 Å². The molecule has 3 rings (SSSR count). The second-order valence-corrected chi connectivity index (χ2v) is 5.52. The molecule has 1 aromatic carbocycles. The first-order valence-corrected chi connectivity index (χ1v) is 7.59. The van der Waals surface area contributed by atoms with E-state index in [0.29, 0.717) is 13.0 Å². The van der Waals surface area contributed by atoms with Crippen LogP contribution in [-0.2, 0) is 24.0 Å². The molecule has 0 radical (unpaired) electrons. The standard InChI is InChI=1S/C18H21NO2/c1-2-13-7-8-15(19-12-13)11-17(20)18-16-6-4-3-5-14(16)9-10-21-18/h3-8,12,17-18,20H,2,9-11H2,1H3. The minimum absolute atomic E-state index is 0.248. The number of aliphatic hydroxyl groups excluding tert-OH is 1. The van der Waals surface area contributed by atoms with Gasteiger partial charge >= 0.3 is 0 Å². The summed E-state index contributed by atoms with van der Waals surface area (Å²) in [5.74, 6) is 0. The molecule has 21 heavy (non-hydrogen) atoms. The Labute approximate surface area is 125 Å². The Morgan fingerprint density at radius 1 is 1.29 bits per heavy atom. The quantitative estimate of drug-likeness (QED) is 0.938. The SMILES string of the molecule is CCc1ccc(CC(O)C2OCCc3ccccc32)nc1. The van der Waals surface area contributed by atoms with E-state index >= 15 is 0 Å². The lowest BCUT2D eigenvalue weighted by molar-refractivity contribution is -0.0464. The number of hydrogen-bond acceptors (Lipinski definition) is 3. The molecule has 0 spiro atoms. The van der Waals surface area contributed by atoms with E-state index in [0.717, 1.165) is 24.1 Å². The summed E-state index contributed by atoms with van der Waals surface area (Å²) in [5, 5.41) is 10.5. The van der Waals surface area contributed by atoms with Crippen LogP contribution in [0.4, 0.5) is 0 Å². The van der Waals surface area contributed by atoms with Gasteiger partial charge in [0.1, 0.15) is 6.10 Å². The van der Waals surface area contributed by atoms with Gasteiger partial charge in [-0.1, -0.05) is 37.3 Å². The summed E-state index contributed by atoms with van der Waals surface area (Å²) < 4.78 is 5.81. The van der Waals surface area contributed by atoms with E-state index in [1.54, 1.807) is 0 Å². The summed E-state index contributed by atoms with van der Waals surface area (Å²) in [7, 11) is 0. The number of fused-ring (bicyclic) bond motifs is 1. The summed E-state index contributed by atoms with van der Waals surface area (Å²) >= 11 is 0. The van der Waals surface area contributed by atoms with Crippen molar-refractivity contribution in [1.29, 1.82) is 0 Å². The van der Waals surface area contributed by atoms with E-state index < -0.39 is 6.10 Å². The fraction of sp³-hybridized carbons (Fsp3) is 0.389. The Hall–Kier alpha value is -1.71. The number of pyridine rings is 1. The maximum absolute atomic E-state index is 10.5. The molecule has 1 aliphatic rings. The van der Waals surface area contributed by atoms with E-state index in [1.165, 1.54) is 11.1 Å². The lowest BCUT2D eigenvalue weighted by atomic mass is 9.92. The Morgan fingerprint density at radius 2 is 2.14 bits per heavy atom. The maximum atomic E-state index is 10.5. The molecule has 3 heteroatoms. The van der Waals surface area contributed by atoms with Crippen LogP contribution in [0.15, 0.2) is 42.6 Å². The molecule has 0 saturated heterocycles. The molecular weight excluding hydrogens is 262 g/mol. The summed E-state index contributed by atoms with van der Waals surface area (Å²) in [6.45, 7) is 2.78. The summed E-state index contributed by atoms with van der Waals surface area (Å²) in [5.41, 5.74) is 4.52. The predicted molar refractivity (Wildman–Crippen MR) is 82.2 cm³/mol. The largest absolute Gasteiger partial charge is 0.390 e. The monoisotopic (exact) mass is 283 g/mol. The van der Waals surface area contributed by atoms with Crippen LogP contribution in [0.25, 0.3) is 0 Å². The highest BCUT2D eigenvalue weighted by molar-refractivity contribution is 5.32. The Bertz CT molecular complexity index is 594. The van der Waals surface area contributed by atoms with Gasteiger partial charge in [-0.05, 0) is 35.6 Å². The van der Waals surface area contributed by atoms with Crippen LogP contribution >= 0.6 is 0 Å². The first-order valence-electron chi connectivity index (χ1n) is 7.59. The first-order chi connectivity index (χ1) is 10.3. The van der Waals surface area contributed by atoms with E-state index in [2.05, 4.69) is 30.1 Å². The minimum atomic E-state index is -0.563. The van der Waals surface area contributed by atoms with Crippen molar-refractivity contribution in [3.05, 3.63) is 65.0 Å². The highest BCUT2D eigenvalue weighted by atomic mass is 16.5. The predicted octanol–water partition coefficient (Wildman–Crippen LogP) is 2.86. The van der Waals surface area contributed by atoms with Crippen LogP contribution in [0.2, 0.25) is 0 Å². The molecule has 2 aromatic rings. The van der Waals surface area contributed by atoms with Crippen molar-refractivity contribution in [2.24, 2.45) is 0 Å². The van der Waals surface area contributed by atoms with Gasteiger partial charge in [-0.3, -0.25) is 4.98 Å². The van der Waals surface area contributed by atoms with Crippen LogP contribution < -0.4 is 0 Å². The normalized spacial score (nSPS) is 19.0. The van der Waals surface area contributed by atoms with E-state index in [9.17, 15) is 5.11 Å². The zero-order valence-electron chi connectivity index (χ0n) is 12.3. The molecule has 1 aliphatic heterocycles. The second-order valence-electron chi connectivity index (χ2n) is 5.52. The van der Waals surface area contributed by atoms with Gasteiger partial charge in [-0.2, -0.15) is 0 Å². The van der Waals surface area contributed by atoms with Crippen molar-refractivity contribution in [3.8, 4) is 0 Å². The molecule has 0 fully saturated rings. The highest BCUT2D eigenvalue weighted by Crippen LogP contribution is 2.30. The highest BCUT2D eigenvalue weighted by Gasteiger charge is 2.27. The molecule has 0 amide bonds. The van der Waals surface area contributed by atoms with E-state index in [-0.39, 0.29) is 6.10 Å². The summed E-state index contributed by atoms with van der Waals surface area (Å²) in [4.78, 5) is 4.42. The van der Waals surface area contributed by atoms with Crippen molar-refractivity contribution in [2.75, 3.05) is 6.61 Å². The van der Waals surface area contributed by atoms with Gasteiger partial charge in [0.2, 0.25) is 0 Å². The van der Waals surface area contributed by atoms with Crippen molar-refractivity contribution >= 4 is 0 Å². The molecule has 0 bridgehead atoms. The number of hydrogen-bond donors (Lipinski definition) is 1. The first kappa shape index (κ1) is 14.2. The third kappa shape index (κ3) is 3.14. The van der Waals surface area contributed by atoms with Gasteiger partial charge in [-0.15, -0.1) is 0 Å². The average Bonchev–Trinajstić information content (AvgIpc) is 2.55. The zero-order valence-corrected chi connectivity index (χ0v) is 12.3. The summed E-state index contributed by atoms with van der Waals surface area (Å²) in [6, 6.07) is 12.3. The van der Waals surface area contributed by atoms with Crippen LogP contribution in [0.3, 0.4) is 0 Å². The number of rotatable bonds is 4. The third-order valence-electron chi connectivity index (χ3n) is 4.09. The third-order valence-corrected chi connectivity index (χ3v) is 4.09. The summed E-state index contributed by atoms with van der Waals surface area (Å²) in [6.07, 6.45) is 3.49. The Kier molecular flexibility index (Phi) is 4.32. The topological polar surface area (TPSA) is 42.4 Å². The van der Waals surface area contributed by atoms with Gasteiger partial charge in [0.25, 0.3) is 0 Å². The van der Waals surface area contributed by atoms with Gasteiger partial charge in [0, 0.05) is 18.3 Å². The van der Waals surface area contributed by atoms with Crippen LogP contribution in [0.1, 0.15) is 35.4 Å². The Balaban J connectivity index is 1.75. The fourth-order valence-electron chi connectivity index (χ4n) is 2.85. The number of nitrogens with zero attached hydrogens (tertiary/aromatic N) is 1. The van der Waals surface area contributed by atoms with Crippen molar-refractivity contribution in [2.45, 2.75) is 38.4 Å². The van der Waals surface area contributed by atoms with E-state index in [1.807, 2.05) is 24.4 Å². The smallest absolute Gasteiger partial charge is 0.109 e. The minimum Gasteiger partial charge on any atom is -0.390 e. The number of benzene rings is 1. The number of aromatic nitrogens is 1. The molecule has 0 aliphatic carbocycles. The molecule has 2 unspecified atom stereocenters. The molecular formula is C18H21NO2. The van der Waals surface area contributed by atoms with Crippen molar-refractivity contribution < 1.29 is 9.84 Å². The van der Waals surface area contributed by atoms with Gasteiger partial charge < -0.3 is 9.84 Å². The van der Waals surface area contributed by atoms with Crippen molar-refractivity contribution in [3.63, 3.8) is 0 Å². The molecule has 2 heterocycles. The number of aryl methyl sites for hydroxylation is 1. The lowest BCUT2D eigenvalue weighted by Gasteiger charge is -2.29. The molecule has 1 aromatic heterocycles. The molecule has 0 saturated carbocycles. The number of aliphatic hydroxyl groups is 1. The zero-order chi connectivity index (χ0) is 14.7. The average molecular weight is 283 g/mol. The van der Waals surface area contributed by atoms with Crippen LogP contribution in [0.5, 0.6) is 0 Å². The van der Waals surface area contributed by atoms with Crippen LogP contribution in [0, 0.1) is 0 Å².